The third-order valence-electron chi connectivity index (χ3n) is 2.62. The Morgan fingerprint density at radius 3 is 2.75 bits per heavy atom. The molecule has 0 saturated carbocycles. The van der Waals surface area contributed by atoms with Crippen LogP contribution in [0.25, 0.3) is 5.65 Å². The Bertz CT molecular complexity index is 568. The molecule has 0 aliphatic heterocycles. The molecule has 0 aliphatic carbocycles. The Kier molecular flexibility index (Phi) is 7.57. The minimum Gasteiger partial charge on any atom is -0.350 e. The maximum absolute atomic E-state index is 11.5. The summed E-state index contributed by atoms with van der Waals surface area (Å²) in [6, 6.07) is 3.86. The first-order valence-electron chi connectivity index (χ1n) is 6.01. The second-order valence-electron chi connectivity index (χ2n) is 4.66. The minimum absolute atomic E-state index is 0. The number of aryl methyl sites for hydroxylation is 1. The Balaban J connectivity index is 0.00000180. The molecule has 7 heteroatoms. The number of aromatic nitrogens is 2. The number of nitrogens with zero attached hydrogens (tertiary/aromatic N) is 2. The van der Waals surface area contributed by atoms with Gasteiger partial charge in [-0.2, -0.15) is 0 Å². The number of hydrogen-bond donors (Lipinski definition) is 2. The summed E-state index contributed by atoms with van der Waals surface area (Å²) >= 11 is 0. The number of nitrogens with one attached hydrogen (secondary N) is 1. The molecule has 0 radical (unpaired) electrons. The van der Waals surface area contributed by atoms with Gasteiger partial charge in [0.05, 0.1) is 12.2 Å². The molecule has 0 saturated heterocycles. The molecule has 0 bridgehead atoms. The van der Waals surface area contributed by atoms with Crippen LogP contribution in [0.1, 0.15) is 24.6 Å². The van der Waals surface area contributed by atoms with Gasteiger partial charge in [-0.25, -0.2) is 4.98 Å². The van der Waals surface area contributed by atoms with Crippen molar-refractivity contribution < 1.29 is 4.79 Å². The molecule has 112 valence electrons. The molecule has 20 heavy (non-hydrogen) atoms. The SMILES string of the molecule is Cc1ccc2nc(CNC(=O)CC(C)N)cn2c1.Cl.Cl. The van der Waals surface area contributed by atoms with Crippen molar-refractivity contribution in [3.63, 3.8) is 0 Å². The van der Waals surface area contributed by atoms with Crippen molar-refractivity contribution in [3.8, 4) is 0 Å². The summed E-state index contributed by atoms with van der Waals surface area (Å²) in [6.45, 7) is 4.28. The number of imidazole rings is 1. The second-order valence-corrected chi connectivity index (χ2v) is 4.66. The molecule has 5 nitrogen and oxygen atoms in total. The number of halogens is 2. The highest BCUT2D eigenvalue weighted by Crippen LogP contribution is 2.07. The molecular weight excluding hydrogens is 299 g/mol. The molecule has 1 atom stereocenters. The van der Waals surface area contributed by atoms with E-state index in [4.69, 9.17) is 5.73 Å². The maximum atomic E-state index is 11.5. The van der Waals surface area contributed by atoms with E-state index in [1.54, 1.807) is 0 Å². The van der Waals surface area contributed by atoms with Crippen LogP contribution in [0.5, 0.6) is 0 Å². The number of nitrogens with two attached hydrogens (primary N) is 1. The molecule has 0 aliphatic rings. The van der Waals surface area contributed by atoms with Gasteiger partial charge in [-0.15, -0.1) is 24.8 Å². The van der Waals surface area contributed by atoms with E-state index in [0.717, 1.165) is 11.3 Å². The van der Waals surface area contributed by atoms with Gasteiger partial charge in [0.25, 0.3) is 0 Å². The van der Waals surface area contributed by atoms with E-state index in [-0.39, 0.29) is 36.8 Å². The normalized spacial score (nSPS) is 11.3. The summed E-state index contributed by atoms with van der Waals surface area (Å²) in [5.41, 5.74) is 8.47. The predicted octanol–water partition coefficient (Wildman–Crippen LogP) is 1.84. The molecule has 0 fully saturated rings. The van der Waals surface area contributed by atoms with Crippen molar-refractivity contribution in [1.82, 2.24) is 14.7 Å². The molecule has 2 heterocycles. The van der Waals surface area contributed by atoms with Crippen molar-refractivity contribution >= 4 is 36.4 Å². The van der Waals surface area contributed by atoms with Crippen molar-refractivity contribution in [3.05, 3.63) is 35.8 Å². The predicted molar refractivity (Wildman–Crippen MR) is 84.5 cm³/mol. The molecule has 2 aromatic rings. The number of amides is 1. The van der Waals surface area contributed by atoms with Gasteiger partial charge >= 0.3 is 0 Å². The smallest absolute Gasteiger partial charge is 0.221 e. The van der Waals surface area contributed by atoms with E-state index >= 15 is 0 Å². The average molecular weight is 319 g/mol. The standard InChI is InChI=1S/C13H18N4O.2ClH/c1-9-3-4-12-16-11(8-17(12)7-9)6-15-13(18)5-10(2)14;;/h3-4,7-8,10H,5-6,14H2,1-2H3,(H,15,18);2*1H. The Morgan fingerprint density at radius 1 is 1.40 bits per heavy atom. The fourth-order valence-corrected chi connectivity index (χ4v) is 1.79. The first-order chi connectivity index (χ1) is 8.54. The zero-order valence-electron chi connectivity index (χ0n) is 11.5. The van der Waals surface area contributed by atoms with Crippen molar-refractivity contribution in [2.24, 2.45) is 5.73 Å². The summed E-state index contributed by atoms with van der Waals surface area (Å²) in [5.74, 6) is -0.0433. The molecule has 0 aromatic carbocycles. The number of carbonyl (C=O) groups excluding carboxylic acids is 1. The van der Waals surface area contributed by atoms with Gasteiger partial charge in [-0.3, -0.25) is 4.79 Å². The lowest BCUT2D eigenvalue weighted by atomic mass is 10.2. The number of pyridine rings is 1. The molecule has 1 amide bonds. The van der Waals surface area contributed by atoms with Gasteiger partial charge in [-0.1, -0.05) is 6.07 Å². The fourth-order valence-electron chi connectivity index (χ4n) is 1.79. The first kappa shape index (κ1) is 18.7. The zero-order chi connectivity index (χ0) is 13.1. The summed E-state index contributed by atoms with van der Waals surface area (Å²) < 4.78 is 1.96. The minimum atomic E-state index is -0.117. The Labute approximate surface area is 130 Å². The van der Waals surface area contributed by atoms with Crippen LogP contribution in [0, 0.1) is 6.92 Å². The van der Waals surface area contributed by atoms with Crippen LogP contribution >= 0.6 is 24.8 Å². The number of rotatable bonds is 4. The van der Waals surface area contributed by atoms with E-state index in [2.05, 4.69) is 10.3 Å². The van der Waals surface area contributed by atoms with Gasteiger partial charge in [0.2, 0.25) is 5.91 Å². The quantitative estimate of drug-likeness (QED) is 0.903. The van der Waals surface area contributed by atoms with Gasteiger partial charge in [0, 0.05) is 24.9 Å². The zero-order valence-corrected chi connectivity index (χ0v) is 13.1. The summed E-state index contributed by atoms with van der Waals surface area (Å²) in [5, 5.41) is 2.81. The molecule has 1 unspecified atom stereocenters. The van der Waals surface area contributed by atoms with Crippen LogP contribution < -0.4 is 11.1 Å². The molecule has 2 rings (SSSR count). The number of carbonyl (C=O) groups is 1. The topological polar surface area (TPSA) is 72.4 Å². The van der Waals surface area contributed by atoms with Crippen LogP contribution in [0.3, 0.4) is 0 Å². The van der Waals surface area contributed by atoms with Gasteiger partial charge in [-0.05, 0) is 25.5 Å². The van der Waals surface area contributed by atoms with Crippen molar-refractivity contribution in [1.29, 1.82) is 0 Å². The van der Waals surface area contributed by atoms with Crippen LogP contribution in [0.4, 0.5) is 0 Å². The number of fused-ring (bicyclic) bond motifs is 1. The second kappa shape index (κ2) is 8.09. The molecule has 0 spiro atoms. The lowest BCUT2D eigenvalue weighted by Crippen LogP contribution is -2.29. The third-order valence-corrected chi connectivity index (χ3v) is 2.62. The average Bonchev–Trinajstić information content (AvgIpc) is 2.67. The summed E-state index contributed by atoms with van der Waals surface area (Å²) in [7, 11) is 0. The van der Waals surface area contributed by atoms with Gasteiger partial charge < -0.3 is 15.5 Å². The third kappa shape index (κ3) is 5.00. The van der Waals surface area contributed by atoms with Gasteiger partial charge in [0.1, 0.15) is 5.65 Å². The molecule has 3 N–H and O–H groups in total. The molecule has 2 aromatic heterocycles. The van der Waals surface area contributed by atoms with E-state index in [0.29, 0.717) is 13.0 Å². The Hall–Kier alpha value is -1.30. The highest BCUT2D eigenvalue weighted by Gasteiger charge is 2.06. The highest BCUT2D eigenvalue weighted by atomic mass is 35.5. The summed E-state index contributed by atoms with van der Waals surface area (Å²) in [6.07, 6.45) is 4.27. The van der Waals surface area contributed by atoms with E-state index in [1.165, 1.54) is 5.56 Å². The van der Waals surface area contributed by atoms with Crippen LogP contribution in [-0.4, -0.2) is 21.3 Å². The lowest BCUT2D eigenvalue weighted by Gasteiger charge is -2.05. The largest absolute Gasteiger partial charge is 0.350 e. The fraction of sp³-hybridized carbons (Fsp3) is 0.385. The lowest BCUT2D eigenvalue weighted by molar-refractivity contribution is -0.121. The van der Waals surface area contributed by atoms with Crippen molar-refractivity contribution in [2.45, 2.75) is 32.9 Å². The van der Waals surface area contributed by atoms with Crippen LogP contribution in [0.15, 0.2) is 24.5 Å². The van der Waals surface area contributed by atoms with Crippen molar-refractivity contribution in [2.75, 3.05) is 0 Å². The summed E-state index contributed by atoms with van der Waals surface area (Å²) in [4.78, 5) is 15.9. The van der Waals surface area contributed by atoms with E-state index in [9.17, 15) is 4.79 Å². The first-order valence-corrected chi connectivity index (χ1v) is 6.01. The maximum Gasteiger partial charge on any atom is 0.221 e. The van der Waals surface area contributed by atoms with Gasteiger partial charge in [0.15, 0.2) is 0 Å². The van der Waals surface area contributed by atoms with E-state index < -0.39 is 0 Å². The van der Waals surface area contributed by atoms with Crippen LogP contribution in [-0.2, 0) is 11.3 Å². The highest BCUT2D eigenvalue weighted by molar-refractivity contribution is 5.85. The van der Waals surface area contributed by atoms with E-state index in [1.807, 2.05) is 42.8 Å². The Morgan fingerprint density at radius 2 is 2.10 bits per heavy atom. The van der Waals surface area contributed by atoms with Crippen LogP contribution in [0.2, 0.25) is 0 Å². The monoisotopic (exact) mass is 318 g/mol. The number of hydrogen-bond acceptors (Lipinski definition) is 3. The molecular formula is C13H20Cl2N4O.